The highest BCUT2D eigenvalue weighted by Gasteiger charge is 2.65. The number of fused-ring (bicyclic) bond motifs is 2. The molecule has 0 aromatic rings. The van der Waals surface area contributed by atoms with Gasteiger partial charge in [0.05, 0.1) is 11.7 Å². The van der Waals surface area contributed by atoms with Crippen molar-refractivity contribution in [1.29, 1.82) is 0 Å². The highest BCUT2D eigenvalue weighted by atomic mass is 16.2. The summed E-state index contributed by atoms with van der Waals surface area (Å²) in [6, 6.07) is 0.391. The van der Waals surface area contributed by atoms with Gasteiger partial charge in [0.2, 0.25) is 5.91 Å². The standard InChI is InChI=1S/C18H32N2O/c1-7-13-19-18(6,8-2)15(21)20(13)14-16(3,4)12-9-10-17(14,5)11-12/h12-14,19H,7-11H2,1-6H3. The molecule has 2 bridgehead atoms. The van der Waals surface area contributed by atoms with E-state index in [4.69, 9.17) is 0 Å². The first-order valence-corrected chi connectivity index (χ1v) is 8.80. The van der Waals surface area contributed by atoms with Gasteiger partial charge in [0, 0.05) is 6.04 Å². The number of carbonyl (C=O) groups excluding carboxylic acids is 1. The van der Waals surface area contributed by atoms with E-state index >= 15 is 0 Å². The average Bonchev–Trinajstić information content (AvgIpc) is 2.99. The van der Waals surface area contributed by atoms with Gasteiger partial charge in [-0.05, 0) is 55.8 Å². The number of nitrogens with one attached hydrogen (secondary N) is 1. The van der Waals surface area contributed by atoms with Gasteiger partial charge in [-0.2, -0.15) is 0 Å². The molecule has 0 aromatic heterocycles. The van der Waals surface area contributed by atoms with E-state index in [1.807, 2.05) is 0 Å². The van der Waals surface area contributed by atoms with Crippen LogP contribution in [0.2, 0.25) is 0 Å². The molecule has 0 aromatic carbocycles. The molecule has 1 N–H and O–H groups in total. The summed E-state index contributed by atoms with van der Waals surface area (Å²) in [5.74, 6) is 1.12. The summed E-state index contributed by atoms with van der Waals surface area (Å²) in [6.45, 7) is 13.6. The molecule has 3 fully saturated rings. The molecule has 3 heteroatoms. The molecule has 0 spiro atoms. The molecule has 0 radical (unpaired) electrons. The second kappa shape index (κ2) is 4.47. The van der Waals surface area contributed by atoms with E-state index in [1.54, 1.807) is 0 Å². The lowest BCUT2D eigenvalue weighted by Gasteiger charge is -2.49. The smallest absolute Gasteiger partial charge is 0.244 e. The van der Waals surface area contributed by atoms with Crippen LogP contribution in [-0.4, -0.2) is 28.6 Å². The number of amides is 1. The minimum absolute atomic E-state index is 0.211. The fourth-order valence-electron chi connectivity index (χ4n) is 5.74. The third-order valence-corrected chi connectivity index (χ3v) is 7.09. The largest absolute Gasteiger partial charge is 0.321 e. The third-order valence-electron chi connectivity index (χ3n) is 7.09. The van der Waals surface area contributed by atoms with Gasteiger partial charge in [-0.1, -0.05) is 34.6 Å². The predicted octanol–water partition coefficient (Wildman–Crippen LogP) is 3.54. The van der Waals surface area contributed by atoms with Crippen molar-refractivity contribution in [1.82, 2.24) is 10.2 Å². The van der Waals surface area contributed by atoms with Crippen molar-refractivity contribution >= 4 is 5.91 Å². The minimum Gasteiger partial charge on any atom is -0.321 e. The maximum atomic E-state index is 13.2. The van der Waals surface area contributed by atoms with Crippen LogP contribution in [0.4, 0.5) is 0 Å². The van der Waals surface area contributed by atoms with E-state index in [0.29, 0.717) is 17.4 Å². The summed E-state index contributed by atoms with van der Waals surface area (Å²) in [4.78, 5) is 15.5. The molecule has 1 saturated heterocycles. The third kappa shape index (κ3) is 1.85. The first-order valence-electron chi connectivity index (χ1n) is 8.80. The zero-order valence-electron chi connectivity index (χ0n) is 14.6. The van der Waals surface area contributed by atoms with Crippen LogP contribution in [-0.2, 0) is 4.79 Å². The van der Waals surface area contributed by atoms with Crippen LogP contribution in [0.25, 0.3) is 0 Å². The maximum Gasteiger partial charge on any atom is 0.244 e. The Morgan fingerprint density at radius 3 is 2.38 bits per heavy atom. The first kappa shape index (κ1) is 15.3. The number of nitrogens with zero attached hydrogens (tertiary/aromatic N) is 1. The lowest BCUT2D eigenvalue weighted by Crippen LogP contribution is -2.57. The highest BCUT2D eigenvalue weighted by Crippen LogP contribution is 2.64. The summed E-state index contributed by atoms with van der Waals surface area (Å²) in [7, 11) is 0. The van der Waals surface area contributed by atoms with Crippen molar-refractivity contribution in [2.45, 2.75) is 91.4 Å². The molecule has 5 atom stereocenters. The van der Waals surface area contributed by atoms with Crippen LogP contribution in [0.1, 0.15) is 73.6 Å². The summed E-state index contributed by atoms with van der Waals surface area (Å²) >= 11 is 0. The Labute approximate surface area is 129 Å². The number of rotatable bonds is 3. The van der Waals surface area contributed by atoms with Crippen LogP contribution in [0.5, 0.6) is 0 Å². The normalized spacial score (nSPS) is 48.4. The Morgan fingerprint density at radius 1 is 1.24 bits per heavy atom. The summed E-state index contributed by atoms with van der Waals surface area (Å²) < 4.78 is 0. The molecule has 3 aliphatic rings. The predicted molar refractivity (Wildman–Crippen MR) is 85.8 cm³/mol. The fraction of sp³-hybridized carbons (Fsp3) is 0.944. The maximum absolute atomic E-state index is 13.2. The van der Waals surface area contributed by atoms with E-state index in [1.165, 1.54) is 19.3 Å². The van der Waals surface area contributed by atoms with E-state index in [-0.39, 0.29) is 17.1 Å². The molecule has 21 heavy (non-hydrogen) atoms. The lowest BCUT2D eigenvalue weighted by molar-refractivity contribution is -0.141. The molecular weight excluding hydrogens is 260 g/mol. The molecule has 1 heterocycles. The first-order chi connectivity index (χ1) is 9.69. The van der Waals surface area contributed by atoms with Crippen LogP contribution in [0.15, 0.2) is 0 Å². The van der Waals surface area contributed by atoms with Crippen LogP contribution in [0, 0.1) is 16.7 Å². The number of carbonyl (C=O) groups is 1. The van der Waals surface area contributed by atoms with Gasteiger partial charge in [0.15, 0.2) is 0 Å². The van der Waals surface area contributed by atoms with E-state index in [9.17, 15) is 4.79 Å². The molecule has 2 saturated carbocycles. The zero-order chi connectivity index (χ0) is 15.6. The summed E-state index contributed by atoms with van der Waals surface area (Å²) in [5, 5.41) is 3.63. The van der Waals surface area contributed by atoms with Gasteiger partial charge in [-0.25, -0.2) is 0 Å². The van der Waals surface area contributed by atoms with Gasteiger partial charge in [0.1, 0.15) is 0 Å². The van der Waals surface area contributed by atoms with Gasteiger partial charge in [0.25, 0.3) is 0 Å². The van der Waals surface area contributed by atoms with Crippen molar-refractivity contribution < 1.29 is 4.79 Å². The molecule has 3 nitrogen and oxygen atoms in total. The van der Waals surface area contributed by atoms with Crippen molar-refractivity contribution in [3.8, 4) is 0 Å². The molecule has 1 amide bonds. The van der Waals surface area contributed by atoms with Crippen molar-refractivity contribution in [3.05, 3.63) is 0 Å². The highest BCUT2D eigenvalue weighted by molar-refractivity contribution is 5.89. The van der Waals surface area contributed by atoms with Crippen LogP contribution < -0.4 is 5.32 Å². The van der Waals surface area contributed by atoms with Crippen molar-refractivity contribution in [2.24, 2.45) is 16.7 Å². The molecule has 120 valence electrons. The van der Waals surface area contributed by atoms with Crippen LogP contribution >= 0.6 is 0 Å². The Bertz CT molecular complexity index is 455. The van der Waals surface area contributed by atoms with E-state index in [0.717, 1.165) is 18.8 Å². The molecular formula is C18H32N2O. The van der Waals surface area contributed by atoms with Gasteiger partial charge in [-0.3, -0.25) is 10.1 Å². The topological polar surface area (TPSA) is 32.3 Å². The Kier molecular flexibility index (Phi) is 3.26. The van der Waals surface area contributed by atoms with Crippen molar-refractivity contribution in [2.75, 3.05) is 0 Å². The Morgan fingerprint density at radius 2 is 1.90 bits per heavy atom. The Balaban J connectivity index is 2.00. The quantitative estimate of drug-likeness (QED) is 0.863. The second-order valence-electron chi connectivity index (χ2n) is 8.78. The molecule has 5 unspecified atom stereocenters. The minimum atomic E-state index is -0.366. The van der Waals surface area contributed by atoms with E-state index < -0.39 is 0 Å². The van der Waals surface area contributed by atoms with Gasteiger partial charge < -0.3 is 4.90 Å². The summed E-state index contributed by atoms with van der Waals surface area (Å²) in [5.41, 5.74) is 0.198. The van der Waals surface area contributed by atoms with Gasteiger partial charge >= 0.3 is 0 Å². The van der Waals surface area contributed by atoms with E-state index in [2.05, 4.69) is 51.8 Å². The van der Waals surface area contributed by atoms with Crippen molar-refractivity contribution in [3.63, 3.8) is 0 Å². The summed E-state index contributed by atoms with van der Waals surface area (Å²) in [6.07, 6.45) is 6.00. The zero-order valence-corrected chi connectivity index (χ0v) is 14.6. The molecule has 3 rings (SSSR count). The fourth-order valence-corrected chi connectivity index (χ4v) is 5.74. The monoisotopic (exact) mass is 292 g/mol. The number of hydrogen-bond acceptors (Lipinski definition) is 2. The Hall–Kier alpha value is -0.570. The SMILES string of the molecule is CCC1NC(C)(CC)C(=O)N1C1C2(C)CCC(C2)C1(C)C. The molecule has 2 aliphatic carbocycles. The van der Waals surface area contributed by atoms with Gasteiger partial charge in [-0.15, -0.1) is 0 Å². The average molecular weight is 292 g/mol. The van der Waals surface area contributed by atoms with Crippen LogP contribution in [0.3, 0.4) is 0 Å². The molecule has 1 aliphatic heterocycles. The lowest BCUT2D eigenvalue weighted by atomic mass is 9.67. The second-order valence-corrected chi connectivity index (χ2v) is 8.78. The number of hydrogen-bond donors (Lipinski definition) is 1.